The molecule has 0 saturated heterocycles. The van der Waals surface area contributed by atoms with Crippen molar-refractivity contribution in [1.82, 2.24) is 0 Å². The Morgan fingerprint density at radius 1 is 1.62 bits per heavy atom. The van der Waals surface area contributed by atoms with E-state index in [1.54, 1.807) is 0 Å². The number of hydrogen-bond donors (Lipinski definition) is 2. The third kappa shape index (κ3) is 0.703. The first-order valence-electron chi connectivity index (χ1n) is 2.12. The minimum absolute atomic E-state index is 0.132. The lowest BCUT2D eigenvalue weighted by Crippen LogP contribution is -1.94. The van der Waals surface area contributed by atoms with Gasteiger partial charge in [0, 0.05) is 0 Å². The maximum atomic E-state index is 8.64. The molecule has 1 rings (SSSR count). The predicted molar refractivity (Wildman–Crippen MR) is 26.2 cm³/mol. The Labute approximate surface area is 45.7 Å². The van der Waals surface area contributed by atoms with Crippen molar-refractivity contribution in [3.8, 4) is 5.75 Å². The molecule has 0 atom stereocenters. The SMILES string of the molecule is N=c1occcc1O. The molecule has 0 radical (unpaired) electrons. The second kappa shape index (κ2) is 1.69. The largest absolute Gasteiger partial charge is 0.503 e. The lowest BCUT2D eigenvalue weighted by atomic mass is 10.5. The van der Waals surface area contributed by atoms with Crippen LogP contribution in [0, 0.1) is 5.41 Å². The molecule has 8 heavy (non-hydrogen) atoms. The van der Waals surface area contributed by atoms with Gasteiger partial charge >= 0.3 is 0 Å². The Hall–Kier alpha value is -1.25. The third-order valence-corrected chi connectivity index (χ3v) is 0.751. The van der Waals surface area contributed by atoms with Crippen molar-refractivity contribution in [2.75, 3.05) is 0 Å². The summed E-state index contributed by atoms with van der Waals surface area (Å²) in [6, 6.07) is 2.92. The highest BCUT2D eigenvalue weighted by molar-refractivity contribution is 5.09. The van der Waals surface area contributed by atoms with Crippen molar-refractivity contribution in [3.63, 3.8) is 0 Å². The average molecular weight is 111 g/mol. The van der Waals surface area contributed by atoms with Crippen LogP contribution in [0.1, 0.15) is 0 Å². The first kappa shape index (κ1) is 4.90. The van der Waals surface area contributed by atoms with Gasteiger partial charge in [-0.1, -0.05) is 0 Å². The lowest BCUT2D eigenvalue weighted by Gasteiger charge is -1.84. The van der Waals surface area contributed by atoms with Crippen LogP contribution in [-0.2, 0) is 0 Å². The van der Waals surface area contributed by atoms with Gasteiger partial charge in [0.2, 0.25) is 0 Å². The zero-order valence-electron chi connectivity index (χ0n) is 4.09. The smallest absolute Gasteiger partial charge is 0.254 e. The van der Waals surface area contributed by atoms with E-state index < -0.39 is 0 Å². The summed E-state index contributed by atoms with van der Waals surface area (Å²) < 4.78 is 4.47. The summed E-state index contributed by atoms with van der Waals surface area (Å²) in [5, 5.41) is 15.4. The summed E-state index contributed by atoms with van der Waals surface area (Å²) in [5.74, 6) is -0.132. The van der Waals surface area contributed by atoms with E-state index in [0.717, 1.165) is 0 Å². The summed E-state index contributed by atoms with van der Waals surface area (Å²) in [7, 11) is 0. The van der Waals surface area contributed by atoms with Crippen LogP contribution < -0.4 is 5.55 Å². The predicted octanol–water partition coefficient (Wildman–Crippen LogP) is 0.465. The highest BCUT2D eigenvalue weighted by atomic mass is 16.3. The number of rotatable bonds is 0. The van der Waals surface area contributed by atoms with Crippen LogP contribution in [-0.4, -0.2) is 5.11 Å². The van der Waals surface area contributed by atoms with Gasteiger partial charge in [-0.05, 0) is 12.1 Å². The van der Waals surface area contributed by atoms with Crippen molar-refractivity contribution in [3.05, 3.63) is 23.9 Å². The summed E-state index contributed by atoms with van der Waals surface area (Å²) in [5.41, 5.74) is -0.201. The maximum Gasteiger partial charge on any atom is 0.254 e. The molecule has 0 bridgehead atoms. The standard InChI is InChI=1S/C5H5NO2/c6-5-4(7)2-1-3-8-5/h1-3,6-7H. The molecule has 0 aliphatic carbocycles. The second-order valence-corrected chi connectivity index (χ2v) is 1.33. The van der Waals surface area contributed by atoms with Crippen LogP contribution in [0.4, 0.5) is 0 Å². The Balaban J connectivity index is 3.35. The fraction of sp³-hybridized carbons (Fsp3) is 0. The van der Waals surface area contributed by atoms with Gasteiger partial charge in [0.25, 0.3) is 5.55 Å². The van der Waals surface area contributed by atoms with Gasteiger partial charge in [-0.25, -0.2) is 0 Å². The van der Waals surface area contributed by atoms with Crippen molar-refractivity contribution in [2.45, 2.75) is 0 Å². The molecule has 0 amide bonds. The topological polar surface area (TPSA) is 57.2 Å². The Morgan fingerprint density at radius 2 is 2.38 bits per heavy atom. The Kier molecular flexibility index (Phi) is 1.04. The van der Waals surface area contributed by atoms with Crippen LogP contribution in [0.2, 0.25) is 0 Å². The molecule has 1 aromatic rings. The Bertz CT molecular complexity index is 228. The number of nitrogens with one attached hydrogen (secondary N) is 1. The zero-order chi connectivity index (χ0) is 5.98. The molecule has 3 heteroatoms. The van der Waals surface area contributed by atoms with Crippen LogP contribution in [0.15, 0.2) is 22.8 Å². The zero-order valence-corrected chi connectivity index (χ0v) is 4.09. The molecule has 0 saturated carbocycles. The lowest BCUT2D eigenvalue weighted by molar-refractivity contribution is 0.397. The molecular weight excluding hydrogens is 106 g/mol. The van der Waals surface area contributed by atoms with E-state index >= 15 is 0 Å². The highest BCUT2D eigenvalue weighted by Crippen LogP contribution is 1.94. The summed E-state index contributed by atoms with van der Waals surface area (Å²) in [6.45, 7) is 0. The van der Waals surface area contributed by atoms with Gasteiger partial charge in [0.15, 0.2) is 5.75 Å². The molecule has 0 aromatic carbocycles. The highest BCUT2D eigenvalue weighted by Gasteiger charge is 1.85. The molecule has 0 aliphatic rings. The minimum Gasteiger partial charge on any atom is -0.503 e. The maximum absolute atomic E-state index is 8.64. The molecule has 0 spiro atoms. The summed E-state index contributed by atoms with van der Waals surface area (Å²) in [6.07, 6.45) is 1.34. The van der Waals surface area contributed by atoms with E-state index in [0.29, 0.717) is 0 Å². The minimum atomic E-state index is -0.201. The van der Waals surface area contributed by atoms with Gasteiger partial charge in [-0.2, -0.15) is 0 Å². The van der Waals surface area contributed by atoms with Crippen LogP contribution in [0.5, 0.6) is 5.75 Å². The molecule has 42 valence electrons. The van der Waals surface area contributed by atoms with E-state index in [2.05, 4.69) is 4.42 Å². The normalized spacial score (nSPS) is 9.00. The first-order valence-corrected chi connectivity index (χ1v) is 2.12. The van der Waals surface area contributed by atoms with E-state index in [1.165, 1.54) is 18.4 Å². The van der Waals surface area contributed by atoms with Crippen LogP contribution >= 0.6 is 0 Å². The van der Waals surface area contributed by atoms with E-state index in [9.17, 15) is 0 Å². The molecule has 1 heterocycles. The molecule has 1 aromatic heterocycles. The fourth-order valence-corrected chi connectivity index (χ4v) is 0.374. The molecular formula is C5H5NO2. The average Bonchev–Trinajstić information content (AvgIpc) is 1.77. The Morgan fingerprint density at radius 3 is 2.75 bits per heavy atom. The molecule has 3 nitrogen and oxygen atoms in total. The number of aromatic hydroxyl groups is 1. The monoisotopic (exact) mass is 111 g/mol. The van der Waals surface area contributed by atoms with Crippen LogP contribution in [0.25, 0.3) is 0 Å². The first-order chi connectivity index (χ1) is 3.80. The van der Waals surface area contributed by atoms with Gasteiger partial charge in [0.1, 0.15) is 0 Å². The molecule has 0 aliphatic heterocycles. The van der Waals surface area contributed by atoms with Gasteiger partial charge < -0.3 is 9.52 Å². The van der Waals surface area contributed by atoms with Gasteiger partial charge in [0.05, 0.1) is 6.26 Å². The van der Waals surface area contributed by atoms with E-state index in [4.69, 9.17) is 10.5 Å². The van der Waals surface area contributed by atoms with E-state index in [-0.39, 0.29) is 11.3 Å². The van der Waals surface area contributed by atoms with Crippen molar-refractivity contribution in [2.24, 2.45) is 0 Å². The molecule has 0 unspecified atom stereocenters. The molecule has 0 fully saturated rings. The quantitative estimate of drug-likeness (QED) is 0.511. The van der Waals surface area contributed by atoms with Crippen molar-refractivity contribution >= 4 is 0 Å². The van der Waals surface area contributed by atoms with Crippen molar-refractivity contribution < 1.29 is 9.52 Å². The van der Waals surface area contributed by atoms with Gasteiger partial charge in [-0.15, -0.1) is 0 Å². The molecule has 2 N–H and O–H groups in total. The van der Waals surface area contributed by atoms with E-state index in [1.807, 2.05) is 0 Å². The van der Waals surface area contributed by atoms with Gasteiger partial charge in [-0.3, -0.25) is 5.41 Å². The summed E-state index contributed by atoms with van der Waals surface area (Å²) in [4.78, 5) is 0. The second-order valence-electron chi connectivity index (χ2n) is 1.33. The van der Waals surface area contributed by atoms with Crippen molar-refractivity contribution in [1.29, 1.82) is 5.41 Å². The summed E-state index contributed by atoms with van der Waals surface area (Å²) >= 11 is 0. The third-order valence-electron chi connectivity index (χ3n) is 0.751. The fourth-order valence-electron chi connectivity index (χ4n) is 0.374. The number of hydrogen-bond acceptors (Lipinski definition) is 3. The van der Waals surface area contributed by atoms with Crippen LogP contribution in [0.3, 0.4) is 0 Å².